The van der Waals surface area contributed by atoms with Crippen molar-refractivity contribution in [3.05, 3.63) is 120 Å². The van der Waals surface area contributed by atoms with Crippen molar-refractivity contribution in [2.75, 3.05) is 0 Å². The second-order valence-corrected chi connectivity index (χ2v) is 7.77. The Morgan fingerprint density at radius 1 is 0.882 bits per heavy atom. The first-order valence-corrected chi connectivity index (χ1v) is 10.9. The second kappa shape index (κ2) is 9.83. The van der Waals surface area contributed by atoms with Crippen LogP contribution in [0.5, 0.6) is 5.75 Å². The minimum Gasteiger partial charge on any atom is -0.489 e. The van der Waals surface area contributed by atoms with Crippen LogP contribution < -0.4 is 10.2 Å². The molecule has 0 saturated carbocycles. The van der Waals surface area contributed by atoms with Crippen LogP contribution >= 0.6 is 0 Å². The molecule has 5 rings (SSSR count). The third kappa shape index (κ3) is 5.02. The van der Waals surface area contributed by atoms with Crippen LogP contribution in [0.2, 0.25) is 0 Å². The molecule has 0 atom stereocenters. The van der Waals surface area contributed by atoms with Crippen LogP contribution in [0.3, 0.4) is 0 Å². The van der Waals surface area contributed by atoms with Crippen LogP contribution in [0, 0.1) is 0 Å². The van der Waals surface area contributed by atoms with Gasteiger partial charge in [0.1, 0.15) is 18.1 Å². The average molecular weight is 447 g/mol. The van der Waals surface area contributed by atoms with Crippen molar-refractivity contribution in [3.63, 3.8) is 0 Å². The molecule has 1 amide bonds. The first-order chi connectivity index (χ1) is 16.7. The van der Waals surface area contributed by atoms with Gasteiger partial charge in [0.2, 0.25) is 0 Å². The van der Waals surface area contributed by atoms with E-state index in [0.29, 0.717) is 18.0 Å². The van der Waals surface area contributed by atoms with Gasteiger partial charge in [-0.15, -0.1) is 0 Å². The number of hydrogen-bond acceptors (Lipinski definition) is 4. The summed E-state index contributed by atoms with van der Waals surface area (Å²) in [6, 6.07) is 33.4. The molecule has 0 spiro atoms. The third-order valence-electron chi connectivity index (χ3n) is 5.35. The lowest BCUT2D eigenvalue weighted by molar-refractivity contribution is 0.0950. The number of hydrogen-bond donors (Lipinski definition) is 2. The summed E-state index contributed by atoms with van der Waals surface area (Å²) >= 11 is 0. The van der Waals surface area contributed by atoms with Gasteiger partial charge in [-0.3, -0.25) is 9.89 Å². The van der Waals surface area contributed by atoms with Crippen molar-refractivity contribution in [3.8, 4) is 17.0 Å². The molecular weight excluding hydrogens is 424 g/mol. The number of nitrogens with zero attached hydrogens (tertiary/aromatic N) is 2. The first-order valence-electron chi connectivity index (χ1n) is 10.9. The van der Waals surface area contributed by atoms with Gasteiger partial charge in [0.05, 0.1) is 11.9 Å². The smallest absolute Gasteiger partial charge is 0.289 e. The van der Waals surface area contributed by atoms with Crippen LogP contribution in [0.1, 0.15) is 21.6 Å². The van der Waals surface area contributed by atoms with Gasteiger partial charge in [-0.25, -0.2) is 5.43 Å². The van der Waals surface area contributed by atoms with Gasteiger partial charge < -0.3 is 4.74 Å². The Labute approximate surface area is 196 Å². The van der Waals surface area contributed by atoms with Crippen LogP contribution in [0.4, 0.5) is 0 Å². The van der Waals surface area contributed by atoms with Crippen LogP contribution in [-0.4, -0.2) is 22.3 Å². The first kappa shape index (κ1) is 21.2. The highest BCUT2D eigenvalue weighted by molar-refractivity contribution is 5.94. The Hall–Kier alpha value is -4.71. The Balaban J connectivity index is 1.20. The number of ether oxygens (including phenoxy) is 1. The number of aromatic amines is 1. The van der Waals surface area contributed by atoms with Crippen molar-refractivity contribution in [1.82, 2.24) is 15.6 Å². The molecular formula is C28H22N4O2. The summed E-state index contributed by atoms with van der Waals surface area (Å²) in [7, 11) is 0. The van der Waals surface area contributed by atoms with Crippen molar-refractivity contribution >= 4 is 22.9 Å². The van der Waals surface area contributed by atoms with E-state index in [2.05, 4.69) is 38.9 Å². The van der Waals surface area contributed by atoms with Crippen LogP contribution in [0.25, 0.3) is 22.0 Å². The fraction of sp³-hybridized carbons (Fsp3) is 0.0357. The Morgan fingerprint density at radius 3 is 2.59 bits per heavy atom. The zero-order valence-corrected chi connectivity index (χ0v) is 18.3. The van der Waals surface area contributed by atoms with Gasteiger partial charge in [-0.05, 0) is 46.2 Å². The molecule has 6 nitrogen and oxygen atoms in total. The number of fused-ring (bicyclic) bond motifs is 1. The molecule has 0 aliphatic carbocycles. The largest absolute Gasteiger partial charge is 0.489 e. The minimum atomic E-state index is -0.368. The monoisotopic (exact) mass is 446 g/mol. The maximum Gasteiger partial charge on any atom is 0.289 e. The van der Waals surface area contributed by atoms with E-state index in [0.717, 1.165) is 33.2 Å². The molecule has 166 valence electrons. The van der Waals surface area contributed by atoms with Gasteiger partial charge >= 0.3 is 0 Å². The Bertz CT molecular complexity index is 1460. The summed E-state index contributed by atoms with van der Waals surface area (Å²) < 4.78 is 5.84. The minimum absolute atomic E-state index is 0.334. The van der Waals surface area contributed by atoms with Gasteiger partial charge in [0, 0.05) is 5.56 Å². The summed E-state index contributed by atoms with van der Waals surface area (Å²) in [4.78, 5) is 12.5. The number of carbonyl (C=O) groups excluding carboxylic acids is 1. The van der Waals surface area contributed by atoms with Crippen LogP contribution in [-0.2, 0) is 6.61 Å². The zero-order valence-electron chi connectivity index (χ0n) is 18.3. The fourth-order valence-corrected chi connectivity index (χ4v) is 3.59. The van der Waals surface area contributed by atoms with Gasteiger partial charge in [-0.2, -0.15) is 10.2 Å². The molecule has 0 aliphatic heterocycles. The number of hydrazone groups is 1. The topological polar surface area (TPSA) is 79.4 Å². The molecule has 0 bridgehead atoms. The van der Waals surface area contributed by atoms with E-state index in [1.54, 1.807) is 12.3 Å². The number of nitrogens with one attached hydrogen (secondary N) is 2. The third-order valence-corrected chi connectivity index (χ3v) is 5.35. The van der Waals surface area contributed by atoms with E-state index >= 15 is 0 Å². The molecule has 6 heteroatoms. The number of H-pyrrole nitrogens is 1. The summed E-state index contributed by atoms with van der Waals surface area (Å²) in [6.07, 6.45) is 1.58. The van der Waals surface area contributed by atoms with E-state index < -0.39 is 0 Å². The Morgan fingerprint density at radius 2 is 1.71 bits per heavy atom. The number of amides is 1. The number of benzene rings is 4. The predicted octanol–water partition coefficient (Wildman–Crippen LogP) is 5.57. The fourth-order valence-electron chi connectivity index (χ4n) is 3.59. The van der Waals surface area contributed by atoms with Crippen molar-refractivity contribution in [1.29, 1.82) is 0 Å². The summed E-state index contributed by atoms with van der Waals surface area (Å²) in [6.45, 7) is 0.484. The Kier molecular flexibility index (Phi) is 6.12. The number of carbonyl (C=O) groups is 1. The molecule has 0 aliphatic rings. The molecule has 0 radical (unpaired) electrons. The van der Waals surface area contributed by atoms with Crippen LogP contribution in [0.15, 0.2) is 108 Å². The quantitative estimate of drug-likeness (QED) is 0.253. The highest BCUT2D eigenvalue weighted by Gasteiger charge is 2.11. The van der Waals surface area contributed by atoms with Gasteiger partial charge in [0.15, 0.2) is 0 Å². The normalized spacial score (nSPS) is 11.1. The second-order valence-electron chi connectivity index (χ2n) is 7.77. The highest BCUT2D eigenvalue weighted by Crippen LogP contribution is 2.23. The van der Waals surface area contributed by atoms with E-state index in [1.807, 2.05) is 78.9 Å². The molecule has 1 aromatic heterocycles. The summed E-state index contributed by atoms with van der Waals surface area (Å²) in [5, 5.41) is 13.4. The molecule has 1 heterocycles. The van der Waals surface area contributed by atoms with E-state index in [-0.39, 0.29) is 5.91 Å². The number of aromatic nitrogens is 2. The van der Waals surface area contributed by atoms with Crippen molar-refractivity contribution in [2.45, 2.75) is 6.61 Å². The number of rotatable bonds is 7. The lowest BCUT2D eigenvalue weighted by Gasteiger charge is -2.06. The van der Waals surface area contributed by atoms with E-state index in [1.165, 1.54) is 0 Å². The molecule has 0 fully saturated rings. The van der Waals surface area contributed by atoms with Gasteiger partial charge in [-0.1, -0.05) is 78.9 Å². The van der Waals surface area contributed by atoms with Crippen molar-refractivity contribution in [2.24, 2.45) is 5.10 Å². The van der Waals surface area contributed by atoms with E-state index in [9.17, 15) is 4.79 Å². The molecule has 34 heavy (non-hydrogen) atoms. The molecule has 0 unspecified atom stereocenters. The van der Waals surface area contributed by atoms with Gasteiger partial charge in [0.25, 0.3) is 5.91 Å². The molecule has 4 aromatic carbocycles. The van der Waals surface area contributed by atoms with E-state index in [4.69, 9.17) is 4.74 Å². The predicted molar refractivity (Wildman–Crippen MR) is 134 cm³/mol. The lowest BCUT2D eigenvalue weighted by atomic mass is 10.1. The maximum absolute atomic E-state index is 12.5. The zero-order chi connectivity index (χ0) is 23.2. The maximum atomic E-state index is 12.5. The van der Waals surface area contributed by atoms with Crippen molar-refractivity contribution < 1.29 is 9.53 Å². The summed E-state index contributed by atoms with van der Waals surface area (Å²) in [5.41, 5.74) is 6.41. The molecule has 5 aromatic rings. The average Bonchev–Trinajstić information content (AvgIpc) is 3.39. The molecule has 2 N–H and O–H groups in total. The summed E-state index contributed by atoms with van der Waals surface area (Å²) in [5.74, 6) is 0.361. The SMILES string of the molecule is O=C(N/N=C\c1cccc(OCc2ccccc2)c1)c1cc(-c2ccc3ccccc3c2)n[nH]1. The molecule has 0 saturated heterocycles. The highest BCUT2D eigenvalue weighted by atomic mass is 16.5. The standard InChI is InChI=1S/C28H22N4O2/c33-28(27-17-26(30-31-27)24-14-13-22-10-4-5-11-23(22)16-24)32-29-18-21-9-6-12-25(15-21)34-19-20-7-2-1-3-8-20/h1-18H,19H2,(H,30,31)(H,32,33)/b29-18-. The lowest BCUT2D eigenvalue weighted by Crippen LogP contribution is -2.18.